The maximum Gasteiger partial charge on any atom is 0.337 e. The van der Waals surface area contributed by atoms with E-state index in [1.165, 1.54) is 41.0 Å². The Morgan fingerprint density at radius 2 is 1.28 bits per heavy atom. The minimum absolute atomic E-state index is 0.00821. The second-order valence-corrected chi connectivity index (χ2v) is 8.95. The van der Waals surface area contributed by atoms with Crippen molar-refractivity contribution in [2.45, 2.75) is 0 Å². The van der Waals surface area contributed by atoms with Gasteiger partial charge in [0, 0.05) is 17.0 Å². The van der Waals surface area contributed by atoms with Gasteiger partial charge in [0.25, 0.3) is 0 Å². The van der Waals surface area contributed by atoms with Crippen LogP contribution in [-0.4, -0.2) is 38.3 Å². The SMILES string of the molecule is O=C(O)/C(=C\C=Nc1ccccc1)c1csc(-c2nc(/C(=C/C=C/c3ccccc3)C(=O)O)cs2)n1. The Labute approximate surface area is 214 Å². The minimum atomic E-state index is -1.13. The molecule has 4 aromatic rings. The van der Waals surface area contributed by atoms with Crippen LogP contribution >= 0.6 is 22.7 Å². The van der Waals surface area contributed by atoms with Gasteiger partial charge < -0.3 is 10.2 Å². The van der Waals surface area contributed by atoms with Crippen LogP contribution in [-0.2, 0) is 9.59 Å². The van der Waals surface area contributed by atoms with Crippen molar-refractivity contribution in [1.82, 2.24) is 9.97 Å². The third-order valence-electron chi connectivity index (χ3n) is 4.78. The van der Waals surface area contributed by atoms with Crippen molar-refractivity contribution >= 4 is 63.7 Å². The zero-order valence-electron chi connectivity index (χ0n) is 18.7. The molecule has 0 saturated carbocycles. The van der Waals surface area contributed by atoms with Gasteiger partial charge >= 0.3 is 11.9 Å². The molecular formula is C27H19N3O4S2. The number of hydrogen-bond donors (Lipinski definition) is 2. The van der Waals surface area contributed by atoms with E-state index in [2.05, 4.69) is 15.0 Å². The van der Waals surface area contributed by atoms with Crippen LogP contribution in [0.2, 0.25) is 0 Å². The van der Waals surface area contributed by atoms with Gasteiger partial charge in [-0.1, -0.05) is 60.7 Å². The normalized spacial score (nSPS) is 12.4. The first-order valence-corrected chi connectivity index (χ1v) is 12.4. The van der Waals surface area contributed by atoms with E-state index in [1.54, 1.807) is 16.8 Å². The summed E-state index contributed by atoms with van der Waals surface area (Å²) in [5.41, 5.74) is 2.27. The summed E-state index contributed by atoms with van der Waals surface area (Å²) in [6.07, 6.45) is 7.79. The van der Waals surface area contributed by atoms with E-state index in [0.29, 0.717) is 21.4 Å². The standard InChI is InChI=1S/C27H19N3O4S2/c31-26(32)20(13-7-10-18-8-3-1-4-9-18)22-16-35-24(29-22)25-30-23(17-36-25)21(27(33)34)14-15-28-19-11-5-2-6-12-19/h1-17H,(H,31,32)(H,33,34)/b10-7+,20-13-,21-14-,28-15?. The number of allylic oxidation sites excluding steroid dienone is 3. The number of nitrogens with zero attached hydrogens (tertiary/aromatic N) is 3. The van der Waals surface area contributed by atoms with E-state index in [0.717, 1.165) is 5.56 Å². The average molecular weight is 514 g/mol. The fraction of sp³-hybridized carbons (Fsp3) is 0. The molecule has 0 amide bonds. The Morgan fingerprint density at radius 3 is 1.83 bits per heavy atom. The second-order valence-electron chi connectivity index (χ2n) is 7.23. The lowest BCUT2D eigenvalue weighted by molar-refractivity contribution is -0.131. The molecule has 0 bridgehead atoms. The molecule has 0 spiro atoms. The van der Waals surface area contributed by atoms with E-state index in [-0.39, 0.29) is 16.8 Å². The van der Waals surface area contributed by atoms with Gasteiger partial charge in [0.15, 0.2) is 10.0 Å². The van der Waals surface area contributed by atoms with Crippen molar-refractivity contribution in [3.05, 3.63) is 107 Å². The summed E-state index contributed by atoms with van der Waals surface area (Å²) in [7, 11) is 0. The van der Waals surface area contributed by atoms with Crippen molar-refractivity contribution in [2.24, 2.45) is 4.99 Å². The van der Waals surface area contributed by atoms with E-state index in [1.807, 2.05) is 66.7 Å². The van der Waals surface area contributed by atoms with Crippen molar-refractivity contribution < 1.29 is 19.8 Å². The fourth-order valence-corrected chi connectivity index (χ4v) is 4.74. The Kier molecular flexibility index (Phi) is 8.07. The first-order chi connectivity index (χ1) is 17.5. The van der Waals surface area contributed by atoms with E-state index >= 15 is 0 Å². The van der Waals surface area contributed by atoms with Crippen LogP contribution in [0.3, 0.4) is 0 Å². The zero-order chi connectivity index (χ0) is 25.3. The summed E-state index contributed by atoms with van der Waals surface area (Å²) < 4.78 is 0. The Bertz CT molecular complexity index is 1370. The third-order valence-corrected chi connectivity index (χ3v) is 6.60. The highest BCUT2D eigenvalue weighted by Gasteiger charge is 2.18. The number of carbonyl (C=O) groups is 2. The maximum absolute atomic E-state index is 11.8. The van der Waals surface area contributed by atoms with E-state index in [9.17, 15) is 19.8 Å². The molecule has 0 aliphatic heterocycles. The number of rotatable bonds is 9. The van der Waals surface area contributed by atoms with Gasteiger partial charge in [-0.15, -0.1) is 22.7 Å². The number of para-hydroxylation sites is 1. The monoisotopic (exact) mass is 513 g/mol. The first-order valence-electron chi connectivity index (χ1n) is 10.6. The summed E-state index contributed by atoms with van der Waals surface area (Å²) >= 11 is 2.48. The quantitative estimate of drug-likeness (QED) is 0.154. The maximum atomic E-state index is 11.8. The minimum Gasteiger partial charge on any atom is -0.478 e. The molecular weight excluding hydrogens is 494 g/mol. The highest BCUT2D eigenvalue weighted by molar-refractivity contribution is 7.19. The molecule has 9 heteroatoms. The zero-order valence-corrected chi connectivity index (χ0v) is 20.3. The molecule has 0 atom stereocenters. The van der Waals surface area contributed by atoms with Crippen LogP contribution in [0.1, 0.15) is 17.0 Å². The summed E-state index contributed by atoms with van der Waals surface area (Å²) in [4.78, 5) is 36.7. The molecule has 2 N–H and O–H groups in total. The summed E-state index contributed by atoms with van der Waals surface area (Å²) in [6, 6.07) is 18.7. The predicted octanol–water partition coefficient (Wildman–Crippen LogP) is 6.32. The molecule has 36 heavy (non-hydrogen) atoms. The van der Waals surface area contributed by atoms with Gasteiger partial charge in [-0.05, 0) is 29.8 Å². The summed E-state index contributed by atoms with van der Waals surface area (Å²) in [5, 5.41) is 23.6. The highest BCUT2D eigenvalue weighted by atomic mass is 32.1. The molecule has 0 aliphatic carbocycles. The number of carboxylic acid groups (broad SMARTS) is 2. The topological polar surface area (TPSA) is 113 Å². The van der Waals surface area contributed by atoms with Crippen molar-refractivity contribution in [3.63, 3.8) is 0 Å². The molecule has 4 rings (SSSR count). The molecule has 178 valence electrons. The number of aliphatic carboxylic acids is 2. The van der Waals surface area contributed by atoms with Crippen LogP contribution in [0.4, 0.5) is 5.69 Å². The summed E-state index contributed by atoms with van der Waals surface area (Å²) in [5.74, 6) is -2.23. The number of aliphatic imine (C=N–C) groups is 1. The van der Waals surface area contributed by atoms with Crippen LogP contribution in [0.25, 0.3) is 27.2 Å². The molecule has 0 saturated heterocycles. The van der Waals surface area contributed by atoms with Crippen LogP contribution in [0.15, 0.2) is 94.6 Å². The molecule has 0 unspecified atom stereocenters. The van der Waals surface area contributed by atoms with Gasteiger partial charge in [0.2, 0.25) is 0 Å². The molecule has 2 aromatic heterocycles. The number of carboxylic acids is 2. The van der Waals surface area contributed by atoms with Gasteiger partial charge in [-0.3, -0.25) is 4.99 Å². The highest BCUT2D eigenvalue weighted by Crippen LogP contribution is 2.31. The molecule has 0 radical (unpaired) electrons. The van der Waals surface area contributed by atoms with Crippen LogP contribution in [0.5, 0.6) is 0 Å². The van der Waals surface area contributed by atoms with Crippen LogP contribution < -0.4 is 0 Å². The second kappa shape index (κ2) is 11.8. The van der Waals surface area contributed by atoms with Crippen molar-refractivity contribution in [2.75, 3.05) is 0 Å². The van der Waals surface area contributed by atoms with E-state index < -0.39 is 11.9 Å². The van der Waals surface area contributed by atoms with Gasteiger partial charge in [-0.2, -0.15) is 0 Å². The molecule has 2 heterocycles. The smallest absolute Gasteiger partial charge is 0.337 e. The number of benzene rings is 2. The first kappa shape index (κ1) is 24.6. The van der Waals surface area contributed by atoms with Gasteiger partial charge in [0.05, 0.1) is 28.2 Å². The largest absolute Gasteiger partial charge is 0.478 e. The molecule has 7 nitrogen and oxygen atoms in total. The Hall–Kier alpha value is -4.47. The molecule has 0 fully saturated rings. The molecule has 0 aliphatic rings. The molecule has 2 aromatic carbocycles. The predicted molar refractivity (Wildman–Crippen MR) is 145 cm³/mol. The third kappa shape index (κ3) is 6.35. The summed E-state index contributed by atoms with van der Waals surface area (Å²) in [6.45, 7) is 0. The Morgan fingerprint density at radius 1 is 0.750 bits per heavy atom. The van der Waals surface area contributed by atoms with Gasteiger partial charge in [0.1, 0.15) is 0 Å². The lowest BCUT2D eigenvalue weighted by Gasteiger charge is -1.97. The average Bonchev–Trinajstić information content (AvgIpc) is 3.55. The lowest BCUT2D eigenvalue weighted by Crippen LogP contribution is -2.00. The number of aromatic nitrogens is 2. The number of thiazole rings is 2. The van der Waals surface area contributed by atoms with E-state index in [4.69, 9.17) is 0 Å². The van der Waals surface area contributed by atoms with Crippen molar-refractivity contribution in [3.8, 4) is 10.0 Å². The van der Waals surface area contributed by atoms with Gasteiger partial charge in [-0.25, -0.2) is 19.6 Å². The lowest BCUT2D eigenvalue weighted by atomic mass is 10.1. The van der Waals surface area contributed by atoms with Crippen LogP contribution in [0, 0.1) is 0 Å². The van der Waals surface area contributed by atoms with Crippen molar-refractivity contribution in [1.29, 1.82) is 0 Å². The Balaban J connectivity index is 1.55. The number of hydrogen-bond acceptors (Lipinski definition) is 7. The fourth-order valence-electron chi connectivity index (χ4n) is 3.06.